The molecule has 2 aromatic rings. The number of nitrogens with two attached hydrogens (primary N) is 1. The van der Waals surface area contributed by atoms with Gasteiger partial charge in [0.15, 0.2) is 0 Å². The minimum atomic E-state index is -0.125. The highest BCUT2D eigenvalue weighted by Crippen LogP contribution is 2.36. The molecule has 0 spiro atoms. The molecule has 5 nitrogen and oxygen atoms in total. The highest BCUT2D eigenvalue weighted by Gasteiger charge is 2.27. The van der Waals surface area contributed by atoms with Gasteiger partial charge in [0.25, 0.3) is 5.91 Å². The highest BCUT2D eigenvalue weighted by atomic mass is 35.5. The number of fused-ring (bicyclic) bond motifs is 1. The molecule has 1 heterocycles. The van der Waals surface area contributed by atoms with E-state index in [2.05, 4.69) is 16.4 Å². The zero-order chi connectivity index (χ0) is 15.5. The predicted molar refractivity (Wildman–Crippen MR) is 93.6 cm³/mol. The molecule has 1 atom stereocenters. The van der Waals surface area contributed by atoms with Crippen LogP contribution in [-0.2, 0) is 12.8 Å². The van der Waals surface area contributed by atoms with E-state index in [-0.39, 0.29) is 24.4 Å². The minimum Gasteiger partial charge on any atom is -0.496 e. The summed E-state index contributed by atoms with van der Waals surface area (Å²) in [5.41, 5.74) is 8.32. The molecule has 1 aliphatic carbocycles. The number of benzene rings is 1. The number of aromatic nitrogens is 1. The number of hydrogen-bond acceptors (Lipinski definition) is 5. The van der Waals surface area contributed by atoms with E-state index in [1.54, 1.807) is 12.5 Å². The van der Waals surface area contributed by atoms with Crippen molar-refractivity contribution in [1.82, 2.24) is 10.3 Å². The predicted octanol–water partition coefficient (Wildman–Crippen LogP) is 2.49. The van der Waals surface area contributed by atoms with E-state index in [1.807, 2.05) is 12.1 Å². The lowest BCUT2D eigenvalue weighted by Gasteiger charge is -2.14. The second-order valence-electron chi connectivity index (χ2n) is 5.26. The normalized spacial score (nSPS) is 15.7. The summed E-state index contributed by atoms with van der Waals surface area (Å²) in [5, 5.41) is 5.77. The molecular weight excluding hydrogens is 334 g/mol. The average molecular weight is 354 g/mol. The van der Waals surface area contributed by atoms with Crippen LogP contribution in [0.15, 0.2) is 23.6 Å². The van der Waals surface area contributed by atoms with Crippen LogP contribution in [0.3, 0.4) is 0 Å². The largest absolute Gasteiger partial charge is 0.496 e. The molecule has 1 unspecified atom stereocenters. The summed E-state index contributed by atoms with van der Waals surface area (Å²) in [6.45, 7) is 0.546. The van der Waals surface area contributed by atoms with E-state index in [0.29, 0.717) is 18.7 Å². The van der Waals surface area contributed by atoms with Crippen molar-refractivity contribution in [3.63, 3.8) is 0 Å². The average Bonchev–Trinajstić information content (AvgIpc) is 3.15. The van der Waals surface area contributed by atoms with Gasteiger partial charge in [0.1, 0.15) is 11.4 Å². The molecule has 7 heteroatoms. The van der Waals surface area contributed by atoms with Gasteiger partial charge in [0.05, 0.1) is 18.2 Å². The fraction of sp³-hybridized carbons (Fsp3) is 0.375. The molecule has 124 valence electrons. The Balaban J connectivity index is 0.00000192. The van der Waals surface area contributed by atoms with Crippen LogP contribution in [0.25, 0.3) is 0 Å². The number of nitrogens with one attached hydrogen (secondary N) is 1. The van der Waals surface area contributed by atoms with Crippen molar-refractivity contribution in [2.24, 2.45) is 5.73 Å². The van der Waals surface area contributed by atoms with Gasteiger partial charge in [-0.25, -0.2) is 4.98 Å². The second-order valence-corrected chi connectivity index (χ2v) is 6.20. The first-order chi connectivity index (χ1) is 10.7. The summed E-state index contributed by atoms with van der Waals surface area (Å²) < 4.78 is 5.39. The lowest BCUT2D eigenvalue weighted by molar-refractivity contribution is 0.0932. The van der Waals surface area contributed by atoms with Gasteiger partial charge in [0.2, 0.25) is 0 Å². The summed E-state index contributed by atoms with van der Waals surface area (Å²) in [7, 11) is 1.68. The van der Waals surface area contributed by atoms with E-state index >= 15 is 0 Å². The summed E-state index contributed by atoms with van der Waals surface area (Å²) >= 11 is 1.48. The van der Waals surface area contributed by atoms with Crippen LogP contribution in [0.2, 0.25) is 0 Å². The number of carbonyl (C=O) groups excluding carboxylic acids is 1. The Morgan fingerprint density at radius 2 is 2.35 bits per heavy atom. The Labute approximate surface area is 145 Å². The van der Waals surface area contributed by atoms with Crippen LogP contribution in [-0.4, -0.2) is 24.5 Å². The molecule has 1 amide bonds. The molecule has 0 radical (unpaired) electrons. The summed E-state index contributed by atoms with van der Waals surface area (Å²) in [6, 6.07) is 6.00. The van der Waals surface area contributed by atoms with Crippen molar-refractivity contribution in [2.45, 2.75) is 25.3 Å². The summed E-state index contributed by atoms with van der Waals surface area (Å²) in [6.07, 6.45) is 2.52. The fourth-order valence-corrected chi connectivity index (χ4v) is 3.64. The lowest BCUT2D eigenvalue weighted by atomic mass is 10.1. The first-order valence-corrected chi connectivity index (χ1v) is 8.22. The number of hydrogen-bond donors (Lipinski definition) is 2. The van der Waals surface area contributed by atoms with Crippen LogP contribution in [0, 0.1) is 0 Å². The molecule has 0 saturated carbocycles. The number of nitrogens with zero attached hydrogens (tertiary/aromatic N) is 1. The first kappa shape index (κ1) is 17.7. The van der Waals surface area contributed by atoms with Crippen molar-refractivity contribution in [3.05, 3.63) is 45.4 Å². The van der Waals surface area contributed by atoms with Gasteiger partial charge < -0.3 is 15.8 Å². The molecule has 1 aromatic heterocycles. The van der Waals surface area contributed by atoms with Crippen molar-refractivity contribution >= 4 is 29.7 Å². The third-order valence-electron chi connectivity index (χ3n) is 3.90. The van der Waals surface area contributed by atoms with Gasteiger partial charge in [0, 0.05) is 11.8 Å². The number of carbonyl (C=O) groups is 1. The van der Waals surface area contributed by atoms with Gasteiger partial charge in [-0.15, -0.1) is 23.7 Å². The van der Waals surface area contributed by atoms with E-state index in [9.17, 15) is 4.79 Å². The minimum absolute atomic E-state index is 0. The highest BCUT2D eigenvalue weighted by molar-refractivity contribution is 7.09. The fourth-order valence-electron chi connectivity index (χ4n) is 2.85. The Kier molecular flexibility index (Phi) is 5.98. The van der Waals surface area contributed by atoms with Crippen molar-refractivity contribution in [3.8, 4) is 5.75 Å². The smallest absolute Gasteiger partial charge is 0.271 e. The lowest BCUT2D eigenvalue weighted by Crippen LogP contribution is -2.27. The monoisotopic (exact) mass is 353 g/mol. The second kappa shape index (κ2) is 7.77. The SMILES string of the molecule is COc1cccc2c1CCC2NC(=O)c1csc(CCN)n1.Cl. The quantitative estimate of drug-likeness (QED) is 0.865. The molecule has 23 heavy (non-hydrogen) atoms. The Morgan fingerprint density at radius 3 is 3.09 bits per heavy atom. The Morgan fingerprint density at radius 1 is 1.52 bits per heavy atom. The summed E-state index contributed by atoms with van der Waals surface area (Å²) in [5.74, 6) is 0.772. The van der Waals surface area contributed by atoms with Crippen LogP contribution < -0.4 is 15.8 Å². The van der Waals surface area contributed by atoms with E-state index in [4.69, 9.17) is 10.5 Å². The number of amides is 1. The number of thiazole rings is 1. The number of halogens is 1. The summed E-state index contributed by atoms with van der Waals surface area (Å²) in [4.78, 5) is 16.7. The Hall–Kier alpha value is -1.63. The van der Waals surface area contributed by atoms with E-state index < -0.39 is 0 Å². The van der Waals surface area contributed by atoms with Gasteiger partial charge >= 0.3 is 0 Å². The zero-order valence-electron chi connectivity index (χ0n) is 12.9. The van der Waals surface area contributed by atoms with Gasteiger partial charge in [-0.1, -0.05) is 12.1 Å². The molecule has 1 aromatic carbocycles. The van der Waals surface area contributed by atoms with Gasteiger partial charge in [-0.2, -0.15) is 0 Å². The third kappa shape index (κ3) is 3.65. The molecule has 0 bridgehead atoms. The maximum atomic E-state index is 12.4. The maximum absolute atomic E-state index is 12.4. The number of methoxy groups -OCH3 is 1. The van der Waals surface area contributed by atoms with E-state index in [0.717, 1.165) is 29.2 Å². The first-order valence-electron chi connectivity index (χ1n) is 7.34. The molecular formula is C16H20ClN3O2S. The standard InChI is InChI=1S/C16H19N3O2S.ClH/c1-21-14-4-2-3-10-11(14)5-6-12(10)19-16(20)13-9-22-15(18-13)7-8-17;/h2-4,9,12H,5-8,17H2,1H3,(H,19,20);1H. The molecule has 0 saturated heterocycles. The van der Waals surface area contributed by atoms with Crippen LogP contribution in [0.1, 0.15) is 39.1 Å². The molecule has 1 aliphatic rings. The zero-order valence-corrected chi connectivity index (χ0v) is 14.5. The van der Waals surface area contributed by atoms with Crippen LogP contribution in [0.5, 0.6) is 5.75 Å². The number of ether oxygens (including phenoxy) is 1. The maximum Gasteiger partial charge on any atom is 0.271 e. The topological polar surface area (TPSA) is 77.2 Å². The molecule has 0 aliphatic heterocycles. The van der Waals surface area contributed by atoms with Crippen molar-refractivity contribution < 1.29 is 9.53 Å². The number of rotatable bonds is 5. The molecule has 0 fully saturated rings. The van der Waals surface area contributed by atoms with Gasteiger partial charge in [-0.05, 0) is 36.6 Å². The van der Waals surface area contributed by atoms with Crippen LogP contribution in [0.4, 0.5) is 0 Å². The van der Waals surface area contributed by atoms with E-state index in [1.165, 1.54) is 16.9 Å². The van der Waals surface area contributed by atoms with Gasteiger partial charge in [-0.3, -0.25) is 4.79 Å². The molecule has 3 rings (SSSR count). The van der Waals surface area contributed by atoms with Crippen molar-refractivity contribution in [2.75, 3.05) is 13.7 Å². The Bertz CT molecular complexity index is 690. The van der Waals surface area contributed by atoms with Crippen molar-refractivity contribution in [1.29, 1.82) is 0 Å². The van der Waals surface area contributed by atoms with Crippen LogP contribution >= 0.6 is 23.7 Å². The molecule has 3 N–H and O–H groups in total. The third-order valence-corrected chi connectivity index (χ3v) is 4.80.